The normalized spacial score (nSPS) is 19.6. The van der Waals surface area contributed by atoms with Crippen LogP contribution in [0.1, 0.15) is 41.4 Å². The molecule has 0 saturated carbocycles. The molecule has 0 unspecified atom stereocenters. The quantitative estimate of drug-likeness (QED) is 0.889. The van der Waals surface area contributed by atoms with E-state index < -0.39 is 0 Å². The second-order valence-corrected chi connectivity index (χ2v) is 6.90. The molecular weight excluding hydrogens is 348 g/mol. The Hall–Kier alpha value is -2.87. The number of nitrogens with zero attached hydrogens (tertiary/aromatic N) is 4. The summed E-state index contributed by atoms with van der Waals surface area (Å²) in [5.74, 6) is -0.213. The first-order chi connectivity index (χ1) is 13.1. The van der Waals surface area contributed by atoms with Gasteiger partial charge in [0.2, 0.25) is 5.91 Å². The van der Waals surface area contributed by atoms with E-state index in [0.717, 1.165) is 18.5 Å². The lowest BCUT2D eigenvalue weighted by Gasteiger charge is -2.35. The van der Waals surface area contributed by atoms with Crippen LogP contribution in [-0.4, -0.2) is 56.4 Å². The molecule has 1 fully saturated rings. The molecule has 4 rings (SSSR count). The third kappa shape index (κ3) is 3.66. The number of carbonyl (C=O) groups excluding carboxylic acids is 2. The number of carbonyl (C=O) groups is 2. The second-order valence-electron chi connectivity index (χ2n) is 6.90. The van der Waals surface area contributed by atoms with Gasteiger partial charge in [-0.2, -0.15) is 5.10 Å². The first-order valence-corrected chi connectivity index (χ1v) is 9.16. The van der Waals surface area contributed by atoms with Gasteiger partial charge in [-0.25, -0.2) is 5.06 Å². The molecule has 0 aliphatic carbocycles. The molecule has 2 aliphatic heterocycles. The van der Waals surface area contributed by atoms with Crippen molar-refractivity contribution < 1.29 is 19.5 Å². The predicted octanol–water partition coefficient (Wildman–Crippen LogP) is 1.73. The SMILES string of the molecule is O=C(c1cccc(O)c1)N1Cc2ccnn2[C@@H](CC(=O)N2CCCCO2)C1. The first kappa shape index (κ1) is 17.5. The van der Waals surface area contributed by atoms with E-state index in [0.29, 0.717) is 31.8 Å². The number of rotatable bonds is 3. The van der Waals surface area contributed by atoms with Crippen molar-refractivity contribution in [1.29, 1.82) is 0 Å². The van der Waals surface area contributed by atoms with Gasteiger partial charge in [-0.15, -0.1) is 0 Å². The van der Waals surface area contributed by atoms with Crippen LogP contribution < -0.4 is 0 Å². The lowest BCUT2D eigenvalue weighted by molar-refractivity contribution is -0.198. The van der Waals surface area contributed by atoms with Crippen LogP contribution in [0.3, 0.4) is 0 Å². The Morgan fingerprint density at radius 3 is 2.93 bits per heavy atom. The van der Waals surface area contributed by atoms with Crippen LogP contribution >= 0.6 is 0 Å². The van der Waals surface area contributed by atoms with Crippen molar-refractivity contribution in [3.8, 4) is 5.75 Å². The van der Waals surface area contributed by atoms with E-state index >= 15 is 0 Å². The van der Waals surface area contributed by atoms with Gasteiger partial charge in [-0.3, -0.25) is 19.1 Å². The number of aromatic nitrogens is 2. The highest BCUT2D eigenvalue weighted by Crippen LogP contribution is 2.26. The average Bonchev–Trinajstić information content (AvgIpc) is 3.17. The number of aromatic hydroxyl groups is 1. The van der Waals surface area contributed by atoms with Crippen LogP contribution in [0, 0.1) is 0 Å². The van der Waals surface area contributed by atoms with E-state index in [-0.39, 0.29) is 30.0 Å². The molecule has 1 N–H and O–H groups in total. The molecule has 0 spiro atoms. The van der Waals surface area contributed by atoms with E-state index in [1.165, 1.54) is 17.2 Å². The summed E-state index contributed by atoms with van der Waals surface area (Å²) in [6, 6.07) is 7.92. The fraction of sp³-hybridized carbons (Fsp3) is 0.421. The molecule has 0 radical (unpaired) electrons. The Bertz CT molecular complexity index is 844. The zero-order valence-electron chi connectivity index (χ0n) is 15.0. The Balaban J connectivity index is 1.52. The van der Waals surface area contributed by atoms with Crippen molar-refractivity contribution in [2.75, 3.05) is 19.7 Å². The molecule has 1 aromatic carbocycles. The number of hydrogen-bond acceptors (Lipinski definition) is 5. The molecule has 0 bridgehead atoms. The third-order valence-corrected chi connectivity index (χ3v) is 4.95. The highest BCUT2D eigenvalue weighted by Gasteiger charge is 2.32. The van der Waals surface area contributed by atoms with Gasteiger partial charge >= 0.3 is 0 Å². The largest absolute Gasteiger partial charge is 0.508 e. The lowest BCUT2D eigenvalue weighted by Crippen LogP contribution is -2.44. The number of fused-ring (bicyclic) bond motifs is 1. The van der Waals surface area contributed by atoms with Crippen molar-refractivity contribution in [1.82, 2.24) is 19.7 Å². The Labute approximate surface area is 156 Å². The monoisotopic (exact) mass is 370 g/mol. The minimum absolute atomic E-state index is 0.0527. The van der Waals surface area contributed by atoms with Crippen LogP contribution in [0.25, 0.3) is 0 Å². The summed E-state index contributed by atoms with van der Waals surface area (Å²) in [6.45, 7) is 1.96. The fourth-order valence-electron chi connectivity index (χ4n) is 3.61. The molecule has 1 atom stereocenters. The molecular formula is C19H22N4O4. The van der Waals surface area contributed by atoms with Gasteiger partial charge < -0.3 is 10.0 Å². The summed E-state index contributed by atoms with van der Waals surface area (Å²) in [5, 5.41) is 15.4. The maximum atomic E-state index is 12.9. The number of benzene rings is 1. The van der Waals surface area contributed by atoms with E-state index in [4.69, 9.17) is 4.84 Å². The van der Waals surface area contributed by atoms with Crippen molar-refractivity contribution in [3.63, 3.8) is 0 Å². The van der Waals surface area contributed by atoms with E-state index in [9.17, 15) is 14.7 Å². The van der Waals surface area contributed by atoms with Crippen LogP contribution in [0.2, 0.25) is 0 Å². The van der Waals surface area contributed by atoms with Crippen LogP contribution in [0.15, 0.2) is 36.5 Å². The van der Waals surface area contributed by atoms with E-state index in [2.05, 4.69) is 5.10 Å². The molecule has 3 heterocycles. The highest BCUT2D eigenvalue weighted by atomic mass is 16.7. The predicted molar refractivity (Wildman–Crippen MR) is 95.6 cm³/mol. The van der Waals surface area contributed by atoms with E-state index in [1.54, 1.807) is 23.2 Å². The van der Waals surface area contributed by atoms with Gasteiger partial charge in [-0.1, -0.05) is 6.07 Å². The number of hydroxylamine groups is 2. The minimum Gasteiger partial charge on any atom is -0.508 e. The molecule has 1 aromatic heterocycles. The summed E-state index contributed by atoms with van der Waals surface area (Å²) in [5.41, 5.74) is 1.31. The molecule has 2 amide bonds. The topological polar surface area (TPSA) is 87.9 Å². The van der Waals surface area contributed by atoms with Gasteiger partial charge in [0.25, 0.3) is 5.91 Å². The standard InChI is InChI=1S/C19H22N4O4/c24-17-5-3-4-14(10-17)19(26)21-12-15-6-7-20-23(15)16(13-21)11-18(25)22-8-1-2-9-27-22/h3-7,10,16,24H,1-2,8-9,11-13H2/t16-/m0/s1. The summed E-state index contributed by atoms with van der Waals surface area (Å²) in [6.07, 6.45) is 3.80. The summed E-state index contributed by atoms with van der Waals surface area (Å²) in [4.78, 5) is 32.6. The van der Waals surface area contributed by atoms with Crippen molar-refractivity contribution >= 4 is 11.8 Å². The maximum Gasteiger partial charge on any atom is 0.254 e. The van der Waals surface area contributed by atoms with Crippen molar-refractivity contribution in [2.45, 2.75) is 31.8 Å². The number of amides is 2. The summed E-state index contributed by atoms with van der Waals surface area (Å²) >= 11 is 0. The van der Waals surface area contributed by atoms with Gasteiger partial charge in [0.15, 0.2) is 0 Å². The first-order valence-electron chi connectivity index (χ1n) is 9.16. The molecule has 8 heteroatoms. The molecule has 27 heavy (non-hydrogen) atoms. The van der Waals surface area contributed by atoms with Gasteiger partial charge in [-0.05, 0) is 37.1 Å². The van der Waals surface area contributed by atoms with Crippen LogP contribution in [0.5, 0.6) is 5.75 Å². The molecule has 1 saturated heterocycles. The number of hydrogen-bond donors (Lipinski definition) is 1. The zero-order valence-corrected chi connectivity index (χ0v) is 15.0. The second kappa shape index (κ2) is 7.40. The Kier molecular flexibility index (Phi) is 4.81. The smallest absolute Gasteiger partial charge is 0.254 e. The summed E-state index contributed by atoms with van der Waals surface area (Å²) < 4.78 is 1.83. The Morgan fingerprint density at radius 2 is 2.15 bits per heavy atom. The van der Waals surface area contributed by atoms with Crippen LogP contribution in [0.4, 0.5) is 0 Å². The van der Waals surface area contributed by atoms with Gasteiger partial charge in [0, 0.05) is 24.8 Å². The molecule has 142 valence electrons. The lowest BCUT2D eigenvalue weighted by atomic mass is 10.1. The van der Waals surface area contributed by atoms with Crippen molar-refractivity contribution in [2.24, 2.45) is 0 Å². The molecule has 2 aliphatic rings. The zero-order chi connectivity index (χ0) is 18.8. The maximum absolute atomic E-state index is 12.9. The summed E-state index contributed by atoms with van der Waals surface area (Å²) in [7, 11) is 0. The third-order valence-electron chi connectivity index (χ3n) is 4.95. The average molecular weight is 370 g/mol. The number of phenols is 1. The fourth-order valence-corrected chi connectivity index (χ4v) is 3.61. The highest BCUT2D eigenvalue weighted by molar-refractivity contribution is 5.94. The minimum atomic E-state index is -0.247. The van der Waals surface area contributed by atoms with Gasteiger partial charge in [0.1, 0.15) is 5.75 Å². The van der Waals surface area contributed by atoms with Crippen molar-refractivity contribution in [3.05, 3.63) is 47.8 Å². The van der Waals surface area contributed by atoms with Gasteiger partial charge in [0.05, 0.1) is 31.3 Å². The number of phenolic OH excluding ortho intramolecular Hbond substituents is 1. The van der Waals surface area contributed by atoms with Crippen LogP contribution in [-0.2, 0) is 16.2 Å². The van der Waals surface area contributed by atoms with E-state index in [1.807, 2.05) is 10.7 Å². The Morgan fingerprint density at radius 1 is 1.26 bits per heavy atom. The molecule has 8 nitrogen and oxygen atoms in total. The molecule has 2 aromatic rings.